The van der Waals surface area contributed by atoms with E-state index < -0.39 is 12.0 Å². The maximum Gasteiger partial charge on any atom is 0.326 e. The van der Waals surface area contributed by atoms with E-state index in [1.165, 1.54) is 6.20 Å². The molecule has 6 heteroatoms. The first-order valence-corrected chi connectivity index (χ1v) is 6.25. The Balaban J connectivity index is 2.68. The third-order valence-electron chi connectivity index (χ3n) is 2.57. The van der Waals surface area contributed by atoms with Crippen molar-refractivity contribution in [2.24, 2.45) is 0 Å². The fourth-order valence-corrected chi connectivity index (χ4v) is 1.57. The zero-order valence-corrected chi connectivity index (χ0v) is 11.2. The Morgan fingerprint density at radius 2 is 2.25 bits per heavy atom. The lowest BCUT2D eigenvalue weighted by atomic mass is 10.1. The molecule has 0 radical (unpaired) electrons. The predicted molar refractivity (Wildman–Crippen MR) is 75.4 cm³/mol. The number of aromatic nitrogens is 1. The van der Waals surface area contributed by atoms with Gasteiger partial charge in [-0.2, -0.15) is 0 Å². The Kier molecular flexibility index (Phi) is 6.04. The number of carboxylic acid groups (broad SMARTS) is 1. The van der Waals surface area contributed by atoms with E-state index in [2.05, 4.69) is 21.5 Å². The fourth-order valence-electron chi connectivity index (χ4n) is 1.57. The maximum atomic E-state index is 11.6. The summed E-state index contributed by atoms with van der Waals surface area (Å²) in [5.74, 6) is 1.48. The topological polar surface area (TPSA) is 91.3 Å². The number of carbonyl (C=O) groups is 2. The lowest BCUT2D eigenvalue weighted by molar-refractivity contribution is -0.138. The largest absolute Gasteiger partial charge is 0.480 e. The number of terminal acetylenes is 1. The zero-order valence-electron chi connectivity index (χ0n) is 11.2. The van der Waals surface area contributed by atoms with Crippen molar-refractivity contribution >= 4 is 17.7 Å². The molecule has 0 aliphatic rings. The minimum Gasteiger partial charge on any atom is -0.480 e. The molecule has 106 valence electrons. The number of hydrogen-bond acceptors (Lipinski definition) is 4. The smallest absolute Gasteiger partial charge is 0.326 e. The molecule has 1 aromatic heterocycles. The molecule has 0 saturated heterocycles. The summed E-state index contributed by atoms with van der Waals surface area (Å²) in [5, 5.41) is 14.4. The molecule has 0 aromatic carbocycles. The predicted octanol–water partition coefficient (Wildman–Crippen LogP) is 1.11. The number of amides is 1. The lowest BCUT2D eigenvalue weighted by Gasteiger charge is -2.14. The molecule has 1 heterocycles. The molecular weight excluding hydrogens is 258 g/mol. The number of pyridine rings is 1. The molecule has 3 N–H and O–H groups in total. The molecule has 0 aliphatic carbocycles. The van der Waals surface area contributed by atoms with Crippen LogP contribution < -0.4 is 10.6 Å². The average Bonchev–Trinajstić information content (AvgIpc) is 2.45. The molecule has 0 spiro atoms. The molecule has 0 saturated carbocycles. The van der Waals surface area contributed by atoms with E-state index in [1.54, 1.807) is 12.1 Å². The molecule has 0 aliphatic heterocycles. The Bertz CT molecular complexity index is 505. The Labute approximate surface area is 117 Å². The number of anilines is 1. The summed E-state index contributed by atoms with van der Waals surface area (Å²) >= 11 is 0. The number of nitrogens with one attached hydrogen (secondary N) is 2. The molecule has 1 amide bonds. The zero-order chi connectivity index (χ0) is 15.0. The second-order valence-corrected chi connectivity index (χ2v) is 4.14. The van der Waals surface area contributed by atoms with Crippen LogP contribution in [0.2, 0.25) is 0 Å². The van der Waals surface area contributed by atoms with Gasteiger partial charge in [-0.15, -0.1) is 6.42 Å². The van der Waals surface area contributed by atoms with Gasteiger partial charge in [0.05, 0.1) is 12.1 Å². The van der Waals surface area contributed by atoms with E-state index in [4.69, 9.17) is 11.5 Å². The average molecular weight is 275 g/mol. The van der Waals surface area contributed by atoms with Crippen molar-refractivity contribution in [3.8, 4) is 12.3 Å². The SMILES string of the molecule is C#CCNC(=O)c1ccc(NC(CCC)C(=O)O)nc1. The second kappa shape index (κ2) is 7.79. The van der Waals surface area contributed by atoms with Crippen molar-refractivity contribution in [1.29, 1.82) is 0 Å². The Morgan fingerprint density at radius 1 is 1.50 bits per heavy atom. The highest BCUT2D eigenvalue weighted by molar-refractivity contribution is 5.94. The molecule has 6 nitrogen and oxygen atoms in total. The van der Waals surface area contributed by atoms with Gasteiger partial charge in [-0.05, 0) is 18.6 Å². The second-order valence-electron chi connectivity index (χ2n) is 4.14. The van der Waals surface area contributed by atoms with Crippen molar-refractivity contribution in [2.45, 2.75) is 25.8 Å². The summed E-state index contributed by atoms with van der Waals surface area (Å²) in [6.07, 6.45) is 7.67. The number of rotatable bonds is 7. The van der Waals surface area contributed by atoms with Crippen LogP contribution in [0.5, 0.6) is 0 Å². The van der Waals surface area contributed by atoms with Crippen molar-refractivity contribution in [3.05, 3.63) is 23.9 Å². The molecule has 0 fully saturated rings. The van der Waals surface area contributed by atoms with Crippen LogP contribution in [0.25, 0.3) is 0 Å². The van der Waals surface area contributed by atoms with Crippen LogP contribution in [-0.2, 0) is 4.79 Å². The van der Waals surface area contributed by atoms with Gasteiger partial charge in [-0.3, -0.25) is 4.79 Å². The van der Waals surface area contributed by atoms with Crippen molar-refractivity contribution in [3.63, 3.8) is 0 Å². The monoisotopic (exact) mass is 275 g/mol. The number of carboxylic acids is 1. The number of nitrogens with zero attached hydrogens (tertiary/aromatic N) is 1. The normalized spacial score (nSPS) is 11.2. The molecular formula is C14H17N3O3. The van der Waals surface area contributed by atoms with E-state index in [1.807, 2.05) is 6.92 Å². The van der Waals surface area contributed by atoms with Gasteiger partial charge in [0.1, 0.15) is 11.9 Å². The summed E-state index contributed by atoms with van der Waals surface area (Å²) < 4.78 is 0. The van der Waals surface area contributed by atoms with Crippen LogP contribution in [-0.4, -0.2) is 34.6 Å². The summed E-state index contributed by atoms with van der Waals surface area (Å²) in [7, 11) is 0. The van der Waals surface area contributed by atoms with E-state index >= 15 is 0 Å². The highest BCUT2D eigenvalue weighted by Crippen LogP contribution is 2.09. The maximum absolute atomic E-state index is 11.6. The van der Waals surface area contributed by atoms with Crippen LogP contribution in [0.15, 0.2) is 18.3 Å². The first-order valence-electron chi connectivity index (χ1n) is 6.25. The van der Waals surface area contributed by atoms with Gasteiger partial charge in [0, 0.05) is 6.20 Å². The minimum atomic E-state index is -0.926. The summed E-state index contributed by atoms with van der Waals surface area (Å²) in [4.78, 5) is 26.6. The number of hydrogen-bond donors (Lipinski definition) is 3. The van der Waals surface area contributed by atoms with Gasteiger partial charge in [0.15, 0.2) is 0 Å². The summed E-state index contributed by atoms with van der Waals surface area (Å²) in [6.45, 7) is 2.06. The van der Waals surface area contributed by atoms with Crippen LogP contribution in [0.4, 0.5) is 5.82 Å². The molecule has 1 rings (SSSR count). The number of carbonyl (C=O) groups excluding carboxylic acids is 1. The van der Waals surface area contributed by atoms with Gasteiger partial charge in [0.25, 0.3) is 5.91 Å². The first kappa shape index (κ1) is 15.5. The van der Waals surface area contributed by atoms with Crippen molar-refractivity contribution < 1.29 is 14.7 Å². The minimum absolute atomic E-state index is 0.149. The van der Waals surface area contributed by atoms with E-state index in [-0.39, 0.29) is 12.5 Å². The number of aliphatic carboxylic acids is 1. The lowest BCUT2D eigenvalue weighted by Crippen LogP contribution is -2.29. The first-order chi connectivity index (χ1) is 9.58. The van der Waals surface area contributed by atoms with E-state index in [9.17, 15) is 9.59 Å². The van der Waals surface area contributed by atoms with Gasteiger partial charge < -0.3 is 15.7 Å². The van der Waals surface area contributed by atoms with Gasteiger partial charge in [0.2, 0.25) is 0 Å². The third kappa shape index (κ3) is 4.61. The molecule has 1 atom stereocenters. The van der Waals surface area contributed by atoms with Crippen LogP contribution in [0, 0.1) is 12.3 Å². The standard InChI is InChI=1S/C14H17N3O3/c1-3-5-11(14(19)20)17-12-7-6-10(9-16-12)13(18)15-8-4-2/h2,6-7,9,11H,3,5,8H2,1H3,(H,15,18)(H,16,17)(H,19,20). The van der Waals surface area contributed by atoms with Crippen LogP contribution in [0.1, 0.15) is 30.1 Å². The molecule has 1 aromatic rings. The highest BCUT2D eigenvalue weighted by Gasteiger charge is 2.16. The van der Waals surface area contributed by atoms with Gasteiger partial charge >= 0.3 is 5.97 Å². The molecule has 1 unspecified atom stereocenters. The highest BCUT2D eigenvalue weighted by atomic mass is 16.4. The van der Waals surface area contributed by atoms with Crippen LogP contribution in [0.3, 0.4) is 0 Å². The van der Waals surface area contributed by atoms with Crippen molar-refractivity contribution in [2.75, 3.05) is 11.9 Å². The van der Waals surface area contributed by atoms with E-state index in [0.717, 1.165) is 6.42 Å². The Morgan fingerprint density at radius 3 is 2.75 bits per heavy atom. The van der Waals surface area contributed by atoms with Gasteiger partial charge in [-0.1, -0.05) is 19.3 Å². The molecule has 0 bridgehead atoms. The quantitative estimate of drug-likeness (QED) is 0.648. The summed E-state index contributed by atoms with van der Waals surface area (Å²) in [5.41, 5.74) is 0.369. The van der Waals surface area contributed by atoms with E-state index in [0.29, 0.717) is 17.8 Å². The van der Waals surface area contributed by atoms with Crippen molar-refractivity contribution in [1.82, 2.24) is 10.3 Å². The van der Waals surface area contributed by atoms with Crippen LogP contribution >= 0.6 is 0 Å². The summed E-state index contributed by atoms with van der Waals surface area (Å²) in [6, 6.07) is 2.44. The molecule has 20 heavy (non-hydrogen) atoms. The fraction of sp³-hybridized carbons (Fsp3) is 0.357. The van der Waals surface area contributed by atoms with Gasteiger partial charge in [-0.25, -0.2) is 9.78 Å². The third-order valence-corrected chi connectivity index (χ3v) is 2.57. The Hall–Kier alpha value is -2.55.